The van der Waals surface area contributed by atoms with E-state index in [2.05, 4.69) is 0 Å². The Hall–Kier alpha value is -6.35. The van der Waals surface area contributed by atoms with Crippen molar-refractivity contribution >= 4 is 23.7 Å². The smallest absolute Gasteiger partial charge is 0.303 e. The third-order valence-electron chi connectivity index (χ3n) is 13.2. The zero-order chi connectivity index (χ0) is 55.3. The molecule has 16 nitrogen and oxygen atoms in total. The van der Waals surface area contributed by atoms with E-state index in [1.165, 1.54) is 25.6 Å². The molecule has 79 heavy (non-hydrogen) atoms. The number of esters is 2. The Morgan fingerprint density at radius 3 is 1.43 bits per heavy atom. The first kappa shape index (κ1) is 58.8. The molecule has 0 saturated carbocycles. The lowest BCUT2D eigenvalue weighted by Gasteiger charge is -2.47. The molecule has 420 valence electrons. The molecular weight excluding hydrogens is 1030 g/mol. The Morgan fingerprint density at radius 1 is 0.481 bits per heavy atom. The number of thioether (sulfide) groups is 1. The molecule has 0 unspecified atom stereocenters. The molecule has 0 radical (unpaired) electrons. The number of rotatable bonds is 28. The number of benzene rings is 6. The second-order valence-corrected chi connectivity index (χ2v) is 19.8. The third-order valence-corrected chi connectivity index (χ3v) is 14.4. The first-order valence-corrected chi connectivity index (χ1v) is 27.1. The summed E-state index contributed by atoms with van der Waals surface area (Å²) >= 11 is 1.42. The highest BCUT2D eigenvalue weighted by atomic mass is 32.2. The highest BCUT2D eigenvalue weighted by Gasteiger charge is 2.54. The van der Waals surface area contributed by atoms with E-state index in [0.717, 1.165) is 27.8 Å². The molecule has 2 aliphatic rings. The van der Waals surface area contributed by atoms with Gasteiger partial charge in [0, 0.05) is 38.8 Å². The molecular formula is C62H70O16S. The van der Waals surface area contributed by atoms with Gasteiger partial charge in [0.1, 0.15) is 53.9 Å². The second kappa shape index (κ2) is 30.3. The Morgan fingerprint density at radius 2 is 0.937 bits per heavy atom. The summed E-state index contributed by atoms with van der Waals surface area (Å²) in [6.45, 7) is 3.09. The van der Waals surface area contributed by atoms with Crippen molar-refractivity contribution in [1.82, 2.24) is 0 Å². The molecule has 2 saturated heterocycles. The Kier molecular flexibility index (Phi) is 22.5. The Labute approximate surface area is 466 Å². The van der Waals surface area contributed by atoms with Crippen molar-refractivity contribution in [3.63, 3.8) is 0 Å². The van der Waals surface area contributed by atoms with Crippen LogP contribution in [0.2, 0.25) is 0 Å². The average Bonchev–Trinajstić information content (AvgIpc) is 3.55. The number of hydrogen-bond donors (Lipinski definition) is 0. The molecule has 0 bridgehead atoms. The predicted molar refractivity (Wildman–Crippen MR) is 293 cm³/mol. The monoisotopic (exact) mass is 1100 g/mol. The molecule has 8 rings (SSSR count). The molecule has 0 aliphatic carbocycles. The van der Waals surface area contributed by atoms with Crippen LogP contribution in [-0.2, 0) is 88.1 Å². The minimum atomic E-state index is -1.34. The van der Waals surface area contributed by atoms with Gasteiger partial charge in [-0.1, -0.05) is 152 Å². The average molecular weight is 1100 g/mol. The van der Waals surface area contributed by atoms with Crippen LogP contribution in [0.25, 0.3) is 0 Å². The highest BCUT2D eigenvalue weighted by molar-refractivity contribution is 7.99. The van der Waals surface area contributed by atoms with Crippen LogP contribution >= 0.6 is 11.8 Å². The van der Waals surface area contributed by atoms with Crippen molar-refractivity contribution in [2.45, 2.75) is 113 Å². The first-order valence-electron chi connectivity index (χ1n) is 26.2. The minimum Gasteiger partial charge on any atom is -0.496 e. The lowest BCUT2D eigenvalue weighted by molar-refractivity contribution is -0.347. The van der Waals surface area contributed by atoms with Crippen molar-refractivity contribution < 1.29 is 75.9 Å². The maximum Gasteiger partial charge on any atom is 0.303 e. The standard InChI is InChI=1S/C62H70O16S/c1-41(63)74-55-51(38-69-34-43-22-12-7-13-23-43)78-62(59(57(55)75-42(2)64)76-53(47-30-20-11-21-31-47)40-79-60-49(66-4)32-48(65-3)33-50(60)67-5)73-39-52-54(70-35-44-24-14-8-15-25-44)56(71-36-45-26-16-9-17-27-45)58(61(68-6)77-52)72-37-46-28-18-10-19-29-46/h7-33,51-59,61-62H,34-40H2,1-6H3/t51-,52-,53-,54-,55-,56+,57+,58-,59-,61+,62+/m1/s1. The van der Waals surface area contributed by atoms with Gasteiger partial charge in [0.15, 0.2) is 24.8 Å². The maximum absolute atomic E-state index is 13.4. The number of ether oxygens (including phenoxy) is 14. The van der Waals surface area contributed by atoms with Gasteiger partial charge in [-0.3, -0.25) is 9.59 Å². The molecule has 6 aromatic carbocycles. The summed E-state index contributed by atoms with van der Waals surface area (Å²) in [5.41, 5.74) is 4.46. The van der Waals surface area contributed by atoms with E-state index in [-0.39, 0.29) is 45.4 Å². The summed E-state index contributed by atoms with van der Waals surface area (Å²) in [5.74, 6) is 0.550. The fraction of sp³-hybridized carbons (Fsp3) is 0.387. The fourth-order valence-electron chi connectivity index (χ4n) is 9.42. The predicted octanol–water partition coefficient (Wildman–Crippen LogP) is 9.88. The lowest BCUT2D eigenvalue weighted by atomic mass is 9.96. The zero-order valence-electron chi connectivity index (χ0n) is 45.3. The summed E-state index contributed by atoms with van der Waals surface area (Å²) in [6.07, 6.45) is -11.2. The highest BCUT2D eigenvalue weighted by Crippen LogP contribution is 2.44. The molecule has 0 N–H and O–H groups in total. The number of carbonyl (C=O) groups excluding carboxylic acids is 2. The van der Waals surface area contributed by atoms with Crippen LogP contribution in [-0.4, -0.2) is 121 Å². The van der Waals surface area contributed by atoms with Gasteiger partial charge in [0.2, 0.25) is 0 Å². The summed E-state index contributed by atoms with van der Waals surface area (Å²) < 4.78 is 90.4. The Bertz CT molecular complexity index is 2720. The van der Waals surface area contributed by atoms with E-state index in [1.54, 1.807) is 40.6 Å². The lowest BCUT2D eigenvalue weighted by Crippen LogP contribution is -2.64. The van der Waals surface area contributed by atoms with Gasteiger partial charge in [-0.2, -0.15) is 0 Å². The maximum atomic E-state index is 13.4. The van der Waals surface area contributed by atoms with Crippen molar-refractivity contribution in [2.75, 3.05) is 47.4 Å². The van der Waals surface area contributed by atoms with Crippen LogP contribution < -0.4 is 14.2 Å². The molecule has 17 heteroatoms. The van der Waals surface area contributed by atoms with Crippen molar-refractivity contribution in [3.8, 4) is 17.2 Å². The zero-order valence-corrected chi connectivity index (χ0v) is 46.1. The third kappa shape index (κ3) is 16.6. The van der Waals surface area contributed by atoms with E-state index in [1.807, 2.05) is 152 Å². The van der Waals surface area contributed by atoms with Gasteiger partial charge in [0.25, 0.3) is 0 Å². The van der Waals surface area contributed by atoms with E-state index in [0.29, 0.717) is 22.1 Å². The summed E-state index contributed by atoms with van der Waals surface area (Å²) in [4.78, 5) is 27.2. The van der Waals surface area contributed by atoms with E-state index in [4.69, 9.17) is 66.3 Å². The molecule has 0 amide bonds. The van der Waals surface area contributed by atoms with E-state index >= 15 is 0 Å². The summed E-state index contributed by atoms with van der Waals surface area (Å²) in [6, 6.07) is 52.2. The number of hydrogen-bond acceptors (Lipinski definition) is 17. The van der Waals surface area contributed by atoms with Gasteiger partial charge in [-0.25, -0.2) is 0 Å². The van der Waals surface area contributed by atoms with E-state index < -0.39 is 79.5 Å². The van der Waals surface area contributed by atoms with Gasteiger partial charge >= 0.3 is 11.9 Å². The molecule has 0 spiro atoms. The van der Waals surface area contributed by atoms with Crippen LogP contribution in [0.1, 0.15) is 47.8 Å². The quantitative estimate of drug-likeness (QED) is 0.0337. The van der Waals surface area contributed by atoms with Gasteiger partial charge < -0.3 is 66.3 Å². The Balaban J connectivity index is 1.17. The SMILES string of the molecule is COc1cc(OC)c(SC[C@@H](O[C@H]2[C@@H](OC[C@H]3O[C@H](OC)[C@H](OCc4ccccc4)[C@@H](OCc4ccccc4)[C@@H]3OCc3ccccc3)O[C@H](COCc3ccccc3)[C@@H](OC(C)=O)[C@@H]2OC(C)=O)c2ccccc2)c(OC)c1. The largest absolute Gasteiger partial charge is 0.496 e. The van der Waals surface area contributed by atoms with Gasteiger partial charge in [0.05, 0.1) is 72.0 Å². The fourth-order valence-corrected chi connectivity index (χ4v) is 10.6. The van der Waals surface area contributed by atoms with Crippen LogP contribution in [0.3, 0.4) is 0 Å². The number of carbonyl (C=O) groups is 2. The van der Waals surface area contributed by atoms with Crippen LogP contribution in [0.4, 0.5) is 0 Å². The summed E-state index contributed by atoms with van der Waals surface area (Å²) in [7, 11) is 6.26. The van der Waals surface area contributed by atoms with Gasteiger partial charge in [-0.15, -0.1) is 11.8 Å². The van der Waals surface area contributed by atoms with Crippen molar-refractivity contribution in [1.29, 1.82) is 0 Å². The second-order valence-electron chi connectivity index (χ2n) is 18.8. The molecule has 2 fully saturated rings. The molecule has 0 aromatic heterocycles. The van der Waals surface area contributed by atoms with Crippen molar-refractivity contribution in [3.05, 3.63) is 192 Å². The van der Waals surface area contributed by atoms with Crippen LogP contribution in [0.5, 0.6) is 17.2 Å². The molecule has 11 atom stereocenters. The van der Waals surface area contributed by atoms with Crippen LogP contribution in [0, 0.1) is 0 Å². The van der Waals surface area contributed by atoms with Crippen molar-refractivity contribution in [2.24, 2.45) is 0 Å². The summed E-state index contributed by atoms with van der Waals surface area (Å²) in [5, 5.41) is 0. The number of methoxy groups -OCH3 is 4. The van der Waals surface area contributed by atoms with E-state index in [9.17, 15) is 9.59 Å². The van der Waals surface area contributed by atoms with Crippen LogP contribution in [0.15, 0.2) is 169 Å². The van der Waals surface area contributed by atoms with Gasteiger partial charge in [-0.05, 0) is 27.8 Å². The molecule has 2 aliphatic heterocycles. The first-order chi connectivity index (χ1) is 38.6. The molecule has 6 aromatic rings. The topological polar surface area (TPSA) is 163 Å². The normalized spacial score (nSPS) is 23.3. The minimum absolute atomic E-state index is 0.101. The molecule has 2 heterocycles.